The molecule has 1 aliphatic rings. The second-order valence-electron chi connectivity index (χ2n) is 6.40. The van der Waals surface area contributed by atoms with Gasteiger partial charge in [0.25, 0.3) is 0 Å². The molecule has 0 aliphatic carbocycles. The first kappa shape index (κ1) is 19.6. The first-order chi connectivity index (χ1) is 12.3. The highest BCUT2D eigenvalue weighted by molar-refractivity contribution is 5.98. The number of carbonyl (C=O) groups excluding carboxylic acids is 1. The summed E-state index contributed by atoms with van der Waals surface area (Å²) in [5.41, 5.74) is 3.63. The zero-order valence-electron chi connectivity index (χ0n) is 15.5. The van der Waals surface area contributed by atoms with E-state index in [-0.39, 0.29) is 17.9 Å². The molecule has 0 unspecified atom stereocenters. The van der Waals surface area contributed by atoms with E-state index in [2.05, 4.69) is 0 Å². The van der Waals surface area contributed by atoms with Crippen LogP contribution in [0.15, 0.2) is 23.3 Å². The summed E-state index contributed by atoms with van der Waals surface area (Å²) in [5.74, 6) is -0.956. The third kappa shape index (κ3) is 3.90. The highest BCUT2D eigenvalue weighted by atomic mass is 16.5. The van der Waals surface area contributed by atoms with E-state index in [4.69, 9.17) is 14.6 Å². The number of methoxy groups -OCH3 is 1. The number of cyclic esters (lactones) is 1. The second-order valence-corrected chi connectivity index (χ2v) is 6.40. The standard InChI is InChI=1S/C20H24O6/c1-11(6-5-7-12(2)19(22)23)8-9-14-17(21)16-15(10-26-20(16)24)13(3)18(14)25-4/h7-8,21H,5-6,9-10H2,1-4H3,(H,22,23)/b11-8+,12-7+. The lowest BCUT2D eigenvalue weighted by atomic mass is 9.94. The second kappa shape index (κ2) is 8.08. The number of benzene rings is 1. The number of hydrogen-bond donors (Lipinski definition) is 2. The van der Waals surface area contributed by atoms with Gasteiger partial charge in [-0.05, 0) is 45.6 Å². The Hall–Kier alpha value is -2.76. The van der Waals surface area contributed by atoms with Crippen LogP contribution in [0.5, 0.6) is 11.5 Å². The normalized spacial score (nSPS) is 14.2. The maximum Gasteiger partial charge on any atom is 0.342 e. The third-order valence-corrected chi connectivity index (χ3v) is 4.63. The van der Waals surface area contributed by atoms with Gasteiger partial charge in [0.2, 0.25) is 0 Å². The van der Waals surface area contributed by atoms with Crippen LogP contribution >= 0.6 is 0 Å². The van der Waals surface area contributed by atoms with Crippen molar-refractivity contribution in [3.63, 3.8) is 0 Å². The largest absolute Gasteiger partial charge is 0.507 e. The third-order valence-electron chi connectivity index (χ3n) is 4.63. The quantitative estimate of drug-likeness (QED) is 0.438. The number of carboxylic acid groups (broad SMARTS) is 1. The van der Waals surface area contributed by atoms with Gasteiger partial charge in [0.1, 0.15) is 23.7 Å². The molecule has 0 amide bonds. The molecular formula is C20H24O6. The SMILES string of the molecule is COc1c(C)c2c(c(O)c1C/C=C(\C)CC/C=C(\C)C(=O)O)C(=O)OC2. The molecule has 1 aromatic rings. The fourth-order valence-corrected chi connectivity index (χ4v) is 3.01. The van der Waals surface area contributed by atoms with E-state index in [9.17, 15) is 14.7 Å². The van der Waals surface area contributed by atoms with Gasteiger partial charge in [-0.15, -0.1) is 0 Å². The molecular weight excluding hydrogens is 336 g/mol. The van der Waals surface area contributed by atoms with Crippen molar-refractivity contribution in [2.45, 2.75) is 46.6 Å². The Morgan fingerprint density at radius 2 is 2.00 bits per heavy atom. The van der Waals surface area contributed by atoms with Crippen molar-refractivity contribution >= 4 is 11.9 Å². The van der Waals surface area contributed by atoms with Crippen molar-refractivity contribution in [1.29, 1.82) is 0 Å². The fraction of sp³-hybridized carbons (Fsp3) is 0.400. The predicted octanol–water partition coefficient (Wildman–Crippen LogP) is 3.68. The lowest BCUT2D eigenvalue weighted by Gasteiger charge is -2.15. The van der Waals surface area contributed by atoms with Gasteiger partial charge in [0.05, 0.1) is 7.11 Å². The number of carbonyl (C=O) groups is 2. The summed E-state index contributed by atoms with van der Waals surface area (Å²) >= 11 is 0. The minimum Gasteiger partial charge on any atom is -0.507 e. The molecule has 6 nitrogen and oxygen atoms in total. The molecule has 2 N–H and O–H groups in total. The minimum absolute atomic E-state index is 0.0874. The molecule has 0 radical (unpaired) electrons. The molecule has 1 heterocycles. The molecule has 2 rings (SSSR count). The topological polar surface area (TPSA) is 93.1 Å². The van der Waals surface area contributed by atoms with Crippen molar-refractivity contribution in [2.24, 2.45) is 0 Å². The predicted molar refractivity (Wildman–Crippen MR) is 96.6 cm³/mol. The van der Waals surface area contributed by atoms with Crippen LogP contribution in [-0.4, -0.2) is 29.3 Å². The Bertz CT molecular complexity index is 801. The number of aromatic hydroxyl groups is 1. The van der Waals surface area contributed by atoms with Gasteiger partial charge in [-0.1, -0.05) is 17.7 Å². The smallest absolute Gasteiger partial charge is 0.342 e. The number of hydrogen-bond acceptors (Lipinski definition) is 5. The summed E-state index contributed by atoms with van der Waals surface area (Å²) in [6.07, 6.45) is 5.38. The maximum absolute atomic E-state index is 11.9. The molecule has 0 saturated heterocycles. The average Bonchev–Trinajstić information content (AvgIpc) is 2.98. The summed E-state index contributed by atoms with van der Waals surface area (Å²) in [6.45, 7) is 5.51. The summed E-state index contributed by atoms with van der Waals surface area (Å²) in [6, 6.07) is 0. The van der Waals surface area contributed by atoms with Crippen molar-refractivity contribution < 1.29 is 29.3 Å². The lowest BCUT2D eigenvalue weighted by molar-refractivity contribution is -0.132. The molecule has 0 saturated carbocycles. The van der Waals surface area contributed by atoms with E-state index in [1.54, 1.807) is 13.0 Å². The van der Waals surface area contributed by atoms with Crippen LogP contribution in [0.3, 0.4) is 0 Å². The fourth-order valence-electron chi connectivity index (χ4n) is 3.01. The van der Waals surface area contributed by atoms with E-state index in [0.29, 0.717) is 41.7 Å². The number of esters is 1. The van der Waals surface area contributed by atoms with Crippen LogP contribution < -0.4 is 4.74 Å². The number of carboxylic acids is 1. The van der Waals surface area contributed by atoms with Crippen molar-refractivity contribution in [2.75, 3.05) is 7.11 Å². The van der Waals surface area contributed by atoms with E-state index < -0.39 is 11.9 Å². The van der Waals surface area contributed by atoms with Crippen LogP contribution in [0.1, 0.15) is 53.7 Å². The van der Waals surface area contributed by atoms with Gasteiger partial charge >= 0.3 is 11.9 Å². The number of phenols is 1. The average molecular weight is 360 g/mol. The Balaban J connectivity index is 2.23. The molecule has 140 valence electrons. The van der Waals surface area contributed by atoms with Gasteiger partial charge in [-0.25, -0.2) is 9.59 Å². The summed E-state index contributed by atoms with van der Waals surface area (Å²) in [5, 5.41) is 19.4. The molecule has 0 spiro atoms. The number of fused-ring (bicyclic) bond motifs is 1. The molecule has 6 heteroatoms. The number of aliphatic carboxylic acids is 1. The highest BCUT2D eigenvalue weighted by Gasteiger charge is 2.31. The van der Waals surface area contributed by atoms with Crippen LogP contribution in [0, 0.1) is 6.92 Å². The Labute approximate surface area is 152 Å². The molecule has 0 fully saturated rings. The number of allylic oxidation sites excluding steroid dienone is 3. The van der Waals surface area contributed by atoms with E-state index in [1.807, 2.05) is 19.9 Å². The number of rotatable bonds is 7. The van der Waals surface area contributed by atoms with Crippen molar-refractivity contribution in [1.82, 2.24) is 0 Å². The number of ether oxygens (including phenoxy) is 2. The van der Waals surface area contributed by atoms with Gasteiger partial charge in [-0.2, -0.15) is 0 Å². The Morgan fingerprint density at radius 1 is 1.31 bits per heavy atom. The Kier molecular flexibility index (Phi) is 6.08. The monoisotopic (exact) mass is 360 g/mol. The van der Waals surface area contributed by atoms with E-state index >= 15 is 0 Å². The maximum atomic E-state index is 11.9. The number of phenolic OH excluding ortho intramolecular Hbond substituents is 1. The van der Waals surface area contributed by atoms with Crippen LogP contribution in [0.4, 0.5) is 0 Å². The van der Waals surface area contributed by atoms with Crippen molar-refractivity contribution in [3.8, 4) is 11.5 Å². The van der Waals surface area contributed by atoms with Crippen molar-refractivity contribution in [3.05, 3.63) is 45.6 Å². The summed E-state index contributed by atoms with van der Waals surface area (Å²) < 4.78 is 10.5. The van der Waals surface area contributed by atoms with Crippen LogP contribution in [0.25, 0.3) is 0 Å². The first-order valence-corrected chi connectivity index (χ1v) is 8.42. The van der Waals surface area contributed by atoms with Crippen LogP contribution in [-0.2, 0) is 22.6 Å². The zero-order valence-corrected chi connectivity index (χ0v) is 15.5. The molecule has 1 aliphatic heterocycles. The van der Waals surface area contributed by atoms with Gasteiger partial charge < -0.3 is 19.7 Å². The van der Waals surface area contributed by atoms with Gasteiger partial charge in [0.15, 0.2) is 0 Å². The van der Waals surface area contributed by atoms with E-state index in [0.717, 1.165) is 11.1 Å². The first-order valence-electron chi connectivity index (χ1n) is 8.42. The summed E-state index contributed by atoms with van der Waals surface area (Å²) in [7, 11) is 1.53. The minimum atomic E-state index is -0.915. The Morgan fingerprint density at radius 3 is 2.62 bits per heavy atom. The van der Waals surface area contributed by atoms with E-state index in [1.165, 1.54) is 7.11 Å². The lowest BCUT2D eigenvalue weighted by Crippen LogP contribution is -2.03. The molecule has 0 atom stereocenters. The van der Waals surface area contributed by atoms with Gasteiger partial charge in [-0.3, -0.25) is 0 Å². The highest BCUT2D eigenvalue weighted by Crippen LogP contribution is 2.42. The van der Waals surface area contributed by atoms with Gasteiger partial charge in [0, 0.05) is 16.7 Å². The zero-order chi connectivity index (χ0) is 19.4. The molecule has 26 heavy (non-hydrogen) atoms. The molecule has 0 aromatic heterocycles. The molecule has 1 aromatic carbocycles. The van der Waals surface area contributed by atoms with Crippen LogP contribution in [0.2, 0.25) is 0 Å². The molecule has 0 bridgehead atoms. The summed E-state index contributed by atoms with van der Waals surface area (Å²) in [4.78, 5) is 22.7.